The summed E-state index contributed by atoms with van der Waals surface area (Å²) in [5, 5.41) is 4.23. The van der Waals surface area contributed by atoms with Crippen LogP contribution in [-0.2, 0) is 13.1 Å². The quantitative estimate of drug-likeness (QED) is 0.472. The van der Waals surface area contributed by atoms with Gasteiger partial charge in [-0.25, -0.2) is 0 Å². The van der Waals surface area contributed by atoms with E-state index in [1.165, 1.54) is 0 Å². The Hall–Kier alpha value is -3.58. The van der Waals surface area contributed by atoms with Crippen molar-refractivity contribution in [1.29, 1.82) is 0 Å². The van der Waals surface area contributed by atoms with Gasteiger partial charge in [-0.05, 0) is 60.2 Å². The molecule has 1 aliphatic heterocycles. The van der Waals surface area contributed by atoms with Gasteiger partial charge in [0.25, 0.3) is 0 Å². The Labute approximate surface area is 186 Å². The molecule has 7 heteroatoms. The van der Waals surface area contributed by atoms with Gasteiger partial charge in [-0.3, -0.25) is 15.0 Å². The van der Waals surface area contributed by atoms with Crippen molar-refractivity contribution in [3.63, 3.8) is 0 Å². The van der Waals surface area contributed by atoms with Crippen LogP contribution in [0, 0.1) is 0 Å². The van der Waals surface area contributed by atoms with E-state index >= 15 is 0 Å². The topological polar surface area (TPSA) is 58.9 Å². The third-order valence-corrected chi connectivity index (χ3v) is 5.85. The van der Waals surface area contributed by atoms with E-state index in [1.54, 1.807) is 6.20 Å². The van der Waals surface area contributed by atoms with Crippen LogP contribution in [0.25, 0.3) is 0 Å². The molecule has 5 heterocycles. The highest BCUT2D eigenvalue weighted by atomic mass is 32.1. The van der Waals surface area contributed by atoms with Crippen LogP contribution in [0.15, 0.2) is 91.6 Å². The minimum absolute atomic E-state index is 0.0127. The summed E-state index contributed by atoms with van der Waals surface area (Å²) in [5.74, 6) is 0. The van der Waals surface area contributed by atoms with Crippen molar-refractivity contribution in [2.75, 3.05) is 0 Å². The van der Waals surface area contributed by atoms with Crippen molar-refractivity contribution in [3.8, 4) is 0 Å². The molecule has 4 aromatic heterocycles. The first-order chi connectivity index (χ1) is 15.3. The minimum Gasteiger partial charge on any atom is -0.352 e. The highest BCUT2D eigenvalue weighted by Gasteiger charge is 2.41. The molecule has 0 radical (unpaired) electrons. The summed E-state index contributed by atoms with van der Waals surface area (Å²) in [6.07, 6.45) is 9.43. The molecule has 1 saturated heterocycles. The van der Waals surface area contributed by atoms with E-state index < -0.39 is 0 Å². The van der Waals surface area contributed by atoms with Crippen LogP contribution in [0.1, 0.15) is 34.7 Å². The highest BCUT2D eigenvalue weighted by Crippen LogP contribution is 2.39. The van der Waals surface area contributed by atoms with E-state index in [1.807, 2.05) is 61.1 Å². The number of aromatic nitrogens is 4. The summed E-state index contributed by atoms with van der Waals surface area (Å²) in [4.78, 5) is 15.6. The maximum Gasteiger partial charge on any atom is 0.170 e. The van der Waals surface area contributed by atoms with Gasteiger partial charge in [-0.15, -0.1) is 0 Å². The van der Waals surface area contributed by atoms with E-state index in [-0.39, 0.29) is 12.1 Å². The Morgan fingerprint density at radius 2 is 1.74 bits per heavy atom. The van der Waals surface area contributed by atoms with Gasteiger partial charge in [0.05, 0.1) is 30.0 Å². The van der Waals surface area contributed by atoms with E-state index in [2.05, 4.69) is 54.1 Å². The van der Waals surface area contributed by atoms with Gasteiger partial charge >= 0.3 is 0 Å². The highest BCUT2D eigenvalue weighted by molar-refractivity contribution is 7.80. The third-order valence-electron chi connectivity index (χ3n) is 5.50. The Balaban J connectivity index is 1.54. The van der Waals surface area contributed by atoms with Gasteiger partial charge < -0.3 is 14.8 Å². The zero-order valence-corrected chi connectivity index (χ0v) is 17.7. The van der Waals surface area contributed by atoms with E-state index in [4.69, 9.17) is 12.2 Å². The number of hydrogen-bond donors (Lipinski definition) is 1. The lowest BCUT2D eigenvalue weighted by molar-refractivity contribution is 0.298. The first kappa shape index (κ1) is 19.4. The second kappa shape index (κ2) is 8.65. The van der Waals surface area contributed by atoms with Crippen molar-refractivity contribution < 1.29 is 0 Å². The van der Waals surface area contributed by atoms with Crippen LogP contribution in [-0.4, -0.2) is 29.5 Å². The molecule has 0 spiro atoms. The molecule has 0 unspecified atom stereocenters. The van der Waals surface area contributed by atoms with Gasteiger partial charge in [0.1, 0.15) is 0 Å². The van der Waals surface area contributed by atoms with Crippen LogP contribution < -0.4 is 5.32 Å². The summed E-state index contributed by atoms with van der Waals surface area (Å²) in [7, 11) is 0. The van der Waals surface area contributed by atoms with Crippen molar-refractivity contribution in [1.82, 2.24) is 29.7 Å². The summed E-state index contributed by atoms with van der Waals surface area (Å²) in [5.41, 5.74) is 4.26. The molecule has 5 rings (SSSR count). The maximum atomic E-state index is 5.79. The molecule has 154 valence electrons. The number of pyridine rings is 3. The normalized spacial score (nSPS) is 18.2. The third kappa shape index (κ3) is 4.04. The fourth-order valence-electron chi connectivity index (χ4n) is 4.09. The fraction of sp³-hybridized carbons (Fsp3) is 0.167. The van der Waals surface area contributed by atoms with Gasteiger partial charge in [0.15, 0.2) is 5.11 Å². The summed E-state index contributed by atoms with van der Waals surface area (Å²) in [6.45, 7) is 1.37. The van der Waals surface area contributed by atoms with Crippen molar-refractivity contribution in [3.05, 3.63) is 114 Å². The van der Waals surface area contributed by atoms with Crippen molar-refractivity contribution in [2.24, 2.45) is 0 Å². The lowest BCUT2D eigenvalue weighted by Crippen LogP contribution is -2.30. The number of rotatable bonds is 6. The van der Waals surface area contributed by atoms with E-state index in [9.17, 15) is 0 Å². The number of nitrogens with one attached hydrogen (secondary N) is 1. The van der Waals surface area contributed by atoms with Crippen molar-refractivity contribution >= 4 is 17.3 Å². The van der Waals surface area contributed by atoms with Crippen LogP contribution >= 0.6 is 12.2 Å². The maximum absolute atomic E-state index is 5.79. The molecule has 0 amide bonds. The van der Waals surface area contributed by atoms with Crippen LogP contribution in [0.4, 0.5) is 0 Å². The van der Waals surface area contributed by atoms with Gasteiger partial charge in [0.2, 0.25) is 0 Å². The largest absolute Gasteiger partial charge is 0.352 e. The lowest BCUT2D eigenvalue weighted by atomic mass is 10.0. The van der Waals surface area contributed by atoms with E-state index in [0.29, 0.717) is 13.1 Å². The average molecular weight is 427 g/mol. The zero-order chi connectivity index (χ0) is 21.0. The minimum atomic E-state index is -0.0530. The summed E-state index contributed by atoms with van der Waals surface area (Å²) in [6, 6.07) is 20.2. The number of nitrogens with zero attached hydrogens (tertiary/aromatic N) is 5. The molecule has 6 nitrogen and oxygen atoms in total. The lowest BCUT2D eigenvalue weighted by Gasteiger charge is -2.29. The predicted molar refractivity (Wildman–Crippen MR) is 123 cm³/mol. The predicted octanol–water partition coefficient (Wildman–Crippen LogP) is 3.89. The molecule has 0 saturated carbocycles. The molecule has 1 N–H and O–H groups in total. The van der Waals surface area contributed by atoms with E-state index in [0.717, 1.165) is 27.8 Å². The summed E-state index contributed by atoms with van der Waals surface area (Å²) >= 11 is 5.79. The molecule has 0 aromatic carbocycles. The number of hydrogen-bond acceptors (Lipinski definition) is 4. The van der Waals surface area contributed by atoms with Crippen LogP contribution in [0.2, 0.25) is 0 Å². The Morgan fingerprint density at radius 1 is 0.871 bits per heavy atom. The molecular weight excluding hydrogens is 404 g/mol. The fourth-order valence-corrected chi connectivity index (χ4v) is 4.40. The molecule has 31 heavy (non-hydrogen) atoms. The average Bonchev–Trinajstić information content (AvgIpc) is 3.40. The number of thiocarbonyl (C=S) groups is 1. The molecule has 1 aliphatic rings. The SMILES string of the molecule is S=C1N[C@H](c2ccccn2)[C@H](c2cccn2Cc2ccccn2)N1Cc1cccnc1. The second-order valence-electron chi connectivity index (χ2n) is 7.50. The smallest absolute Gasteiger partial charge is 0.170 e. The van der Waals surface area contributed by atoms with Gasteiger partial charge in [-0.2, -0.15) is 0 Å². The Morgan fingerprint density at radius 3 is 2.48 bits per heavy atom. The Kier molecular flexibility index (Phi) is 5.41. The Bertz CT molecular complexity index is 1150. The van der Waals surface area contributed by atoms with Crippen molar-refractivity contribution in [2.45, 2.75) is 25.2 Å². The van der Waals surface area contributed by atoms with Gasteiger partial charge in [-0.1, -0.05) is 18.2 Å². The van der Waals surface area contributed by atoms with Crippen LogP contribution in [0.3, 0.4) is 0 Å². The second-order valence-corrected chi connectivity index (χ2v) is 7.88. The summed E-state index contributed by atoms with van der Waals surface area (Å²) < 4.78 is 2.24. The molecule has 0 aliphatic carbocycles. The molecule has 0 bridgehead atoms. The zero-order valence-electron chi connectivity index (χ0n) is 16.9. The molecule has 4 aromatic rings. The van der Waals surface area contributed by atoms with Crippen LogP contribution in [0.5, 0.6) is 0 Å². The molecular formula is C24H22N6S. The molecule has 1 fully saturated rings. The standard InChI is InChI=1S/C24H22N6S/c31-24-28-22(20-9-2-4-13-27-20)23(30(24)16-18-7-5-11-25-15-18)21-10-6-14-29(21)17-19-8-1-3-12-26-19/h1-15,22-23H,16-17H2,(H,28,31)/t22-,23+/m1/s1. The van der Waals surface area contributed by atoms with Gasteiger partial charge in [0, 0.05) is 43.2 Å². The molecule has 2 atom stereocenters. The first-order valence-electron chi connectivity index (χ1n) is 10.2. The first-order valence-corrected chi connectivity index (χ1v) is 10.6. The monoisotopic (exact) mass is 426 g/mol.